The summed E-state index contributed by atoms with van der Waals surface area (Å²) in [6.45, 7) is 8.22. The predicted octanol–water partition coefficient (Wildman–Crippen LogP) is 1.46. The number of hydrazine groups is 1. The molecule has 4 atom stereocenters. The Hall–Kier alpha value is -1.27. The van der Waals surface area contributed by atoms with E-state index in [4.69, 9.17) is 0 Å². The maximum absolute atomic E-state index is 12.4. The summed E-state index contributed by atoms with van der Waals surface area (Å²) in [7, 11) is -2.01. The van der Waals surface area contributed by atoms with Gasteiger partial charge in [-0.15, -0.1) is 15.3 Å². The minimum Gasteiger partial charge on any atom is -0.260 e. The van der Waals surface area contributed by atoms with E-state index in [1.807, 2.05) is 13.8 Å². The standard InChI is InChI=1S/C15H30N8O2S2.2H2/c1-5-15(4,13-18-22-23-19-13)7-9-27(25)11-10-26(24)8-6-14(2,3)12-16-20-21-17-12;;/h13H,5-11H2,1-4H3,(H,18,23)(H,19,22)(H,16,17,20,21);2*1H. The molecule has 1 aliphatic heterocycles. The molecule has 1 aromatic heterocycles. The van der Waals surface area contributed by atoms with Crippen molar-refractivity contribution in [2.24, 2.45) is 15.8 Å². The number of nitrogens with one attached hydrogen (secondary N) is 3. The third kappa shape index (κ3) is 6.39. The summed E-state index contributed by atoms with van der Waals surface area (Å²) in [5, 5.41) is 21.9. The maximum atomic E-state index is 12.4. The van der Waals surface area contributed by atoms with Crippen LogP contribution in [0.25, 0.3) is 0 Å². The number of hydrogen-bond acceptors (Lipinski definition) is 9. The molecule has 27 heavy (non-hydrogen) atoms. The van der Waals surface area contributed by atoms with Crippen molar-refractivity contribution in [3.63, 3.8) is 0 Å². The fourth-order valence-corrected chi connectivity index (χ4v) is 6.02. The second-order valence-corrected chi connectivity index (χ2v) is 11.1. The Morgan fingerprint density at radius 1 is 1.07 bits per heavy atom. The molecule has 0 spiro atoms. The average Bonchev–Trinajstić information content (AvgIpc) is 3.36. The number of hydrogen-bond donors (Lipinski definition) is 3. The van der Waals surface area contributed by atoms with Crippen molar-refractivity contribution in [1.29, 1.82) is 0 Å². The van der Waals surface area contributed by atoms with E-state index >= 15 is 0 Å². The highest BCUT2D eigenvalue weighted by molar-refractivity contribution is 7.88. The van der Waals surface area contributed by atoms with Crippen LogP contribution < -0.4 is 11.0 Å². The summed E-state index contributed by atoms with van der Waals surface area (Å²) in [5.41, 5.74) is 5.27. The number of rotatable bonds is 12. The zero-order chi connectivity index (χ0) is 19.9. The lowest BCUT2D eigenvalue weighted by molar-refractivity contribution is 0.208. The van der Waals surface area contributed by atoms with Crippen LogP contribution in [-0.2, 0) is 27.0 Å². The molecular formula is C15H34N8O2S2. The molecule has 0 aromatic carbocycles. The van der Waals surface area contributed by atoms with Gasteiger partial charge < -0.3 is 0 Å². The Balaban J connectivity index is 0.00000392. The van der Waals surface area contributed by atoms with Crippen LogP contribution in [0.15, 0.2) is 10.3 Å². The highest BCUT2D eigenvalue weighted by Crippen LogP contribution is 2.32. The van der Waals surface area contributed by atoms with Gasteiger partial charge in [-0.1, -0.05) is 38.1 Å². The van der Waals surface area contributed by atoms with Crippen molar-refractivity contribution in [2.45, 2.75) is 58.5 Å². The molecule has 0 fully saturated rings. The van der Waals surface area contributed by atoms with E-state index in [0.29, 0.717) is 35.3 Å². The van der Waals surface area contributed by atoms with Crippen molar-refractivity contribution in [1.82, 2.24) is 31.6 Å². The molecule has 1 aliphatic rings. The van der Waals surface area contributed by atoms with Crippen LogP contribution in [0.3, 0.4) is 0 Å². The molecule has 0 radical (unpaired) electrons. The van der Waals surface area contributed by atoms with Crippen LogP contribution in [-0.4, -0.2) is 58.2 Å². The van der Waals surface area contributed by atoms with Gasteiger partial charge in [0, 0.05) is 58.3 Å². The van der Waals surface area contributed by atoms with E-state index in [1.165, 1.54) is 0 Å². The summed E-state index contributed by atoms with van der Waals surface area (Å²) in [5.74, 6) is 2.62. The summed E-state index contributed by atoms with van der Waals surface area (Å²) >= 11 is 0. The van der Waals surface area contributed by atoms with Crippen molar-refractivity contribution in [2.75, 3.05) is 23.0 Å². The van der Waals surface area contributed by atoms with E-state index in [2.05, 4.69) is 55.8 Å². The normalized spacial score (nSPS) is 21.6. The quantitative estimate of drug-likeness (QED) is 0.463. The van der Waals surface area contributed by atoms with Gasteiger partial charge in [-0.3, -0.25) is 8.42 Å². The number of tetrazole rings is 1. The van der Waals surface area contributed by atoms with Gasteiger partial charge in [0.25, 0.3) is 0 Å². The Bertz CT molecular complexity index is 677. The lowest BCUT2D eigenvalue weighted by Gasteiger charge is -2.31. The molecule has 12 heteroatoms. The third-order valence-electron chi connectivity index (χ3n) is 5.24. The molecule has 0 amide bonds. The van der Waals surface area contributed by atoms with Crippen molar-refractivity contribution in [3.05, 3.63) is 5.82 Å². The van der Waals surface area contributed by atoms with Crippen LogP contribution in [0.2, 0.25) is 0 Å². The van der Waals surface area contributed by atoms with Crippen LogP contribution in [0.4, 0.5) is 0 Å². The largest absolute Gasteiger partial charge is 0.260 e. The van der Waals surface area contributed by atoms with E-state index in [0.717, 1.165) is 12.8 Å². The fourth-order valence-electron chi connectivity index (χ4n) is 2.69. The molecule has 158 valence electrons. The predicted molar refractivity (Wildman–Crippen MR) is 110 cm³/mol. The molecule has 2 rings (SSSR count). The third-order valence-corrected chi connectivity index (χ3v) is 8.13. The summed E-state index contributed by atoms with van der Waals surface area (Å²) in [4.78, 5) is 0. The first kappa shape index (κ1) is 22.0. The van der Waals surface area contributed by atoms with E-state index in [9.17, 15) is 8.42 Å². The molecule has 0 saturated heterocycles. The van der Waals surface area contributed by atoms with Crippen LogP contribution in [0.1, 0.15) is 55.6 Å². The zero-order valence-electron chi connectivity index (χ0n) is 16.4. The fraction of sp³-hybridized carbons (Fsp3) is 0.933. The highest BCUT2D eigenvalue weighted by atomic mass is 32.2. The highest BCUT2D eigenvalue weighted by Gasteiger charge is 2.35. The van der Waals surface area contributed by atoms with Crippen molar-refractivity contribution in [3.8, 4) is 0 Å². The number of H-pyrrole nitrogens is 1. The molecule has 0 aliphatic carbocycles. The van der Waals surface area contributed by atoms with Gasteiger partial charge in [-0.25, -0.2) is 5.53 Å². The van der Waals surface area contributed by atoms with E-state index in [-0.39, 0.29) is 19.8 Å². The SMILES string of the molecule is CCC(C)(CCS(=O)CCS(=O)CCC(C)(C)c1nn[nH]n1)C1N=NNN1.[HH].[HH]. The van der Waals surface area contributed by atoms with Crippen LogP contribution in [0.5, 0.6) is 0 Å². The second kappa shape index (κ2) is 9.78. The molecule has 1 aromatic rings. The van der Waals surface area contributed by atoms with Gasteiger partial charge in [0.2, 0.25) is 0 Å². The number of nitrogens with zero attached hydrogens (tertiary/aromatic N) is 5. The first-order valence-electron chi connectivity index (χ1n) is 9.11. The lowest BCUT2D eigenvalue weighted by Crippen LogP contribution is -2.43. The Morgan fingerprint density at radius 3 is 2.26 bits per heavy atom. The van der Waals surface area contributed by atoms with Crippen LogP contribution in [0, 0.1) is 5.41 Å². The summed E-state index contributed by atoms with van der Waals surface area (Å²) < 4.78 is 24.7. The first-order chi connectivity index (χ1) is 12.8. The second-order valence-electron chi connectivity index (χ2n) is 7.70. The maximum Gasteiger partial charge on any atom is 0.180 e. The Morgan fingerprint density at radius 2 is 1.74 bits per heavy atom. The van der Waals surface area contributed by atoms with E-state index < -0.39 is 21.6 Å². The van der Waals surface area contributed by atoms with E-state index in [1.54, 1.807) is 0 Å². The molecule has 3 N–H and O–H groups in total. The summed E-state index contributed by atoms with van der Waals surface area (Å²) in [6, 6.07) is 0. The van der Waals surface area contributed by atoms with Crippen molar-refractivity contribution >= 4 is 21.6 Å². The number of aromatic amines is 1. The lowest BCUT2D eigenvalue weighted by atomic mass is 9.82. The van der Waals surface area contributed by atoms with Crippen molar-refractivity contribution < 1.29 is 11.3 Å². The van der Waals surface area contributed by atoms with Gasteiger partial charge in [0.05, 0.1) is 0 Å². The number of aromatic nitrogens is 4. The van der Waals surface area contributed by atoms with Crippen LogP contribution >= 0.6 is 0 Å². The average molecular weight is 423 g/mol. The molecule has 2 heterocycles. The summed E-state index contributed by atoms with van der Waals surface area (Å²) in [6.07, 6.45) is 2.25. The molecule has 10 nitrogen and oxygen atoms in total. The van der Waals surface area contributed by atoms with Gasteiger partial charge in [-0.05, 0) is 19.3 Å². The monoisotopic (exact) mass is 422 g/mol. The van der Waals surface area contributed by atoms with Gasteiger partial charge in [0.1, 0.15) is 6.17 Å². The minimum absolute atomic E-state index is 0. The topological polar surface area (TPSA) is 137 Å². The van der Waals surface area contributed by atoms with Gasteiger partial charge in [0.15, 0.2) is 5.82 Å². The first-order valence-corrected chi connectivity index (χ1v) is 12.1. The minimum atomic E-state index is -1.01. The zero-order valence-corrected chi connectivity index (χ0v) is 18.0. The smallest absolute Gasteiger partial charge is 0.180 e. The molecule has 0 saturated carbocycles. The van der Waals surface area contributed by atoms with Gasteiger partial charge >= 0.3 is 0 Å². The molecular weight excluding hydrogens is 388 g/mol. The Kier molecular flexibility index (Phi) is 7.98. The Labute approximate surface area is 168 Å². The molecule has 0 bridgehead atoms. The van der Waals surface area contributed by atoms with Gasteiger partial charge in [-0.2, -0.15) is 10.6 Å². The molecule has 4 unspecified atom stereocenters.